The molecule has 0 spiro atoms. The summed E-state index contributed by atoms with van der Waals surface area (Å²) < 4.78 is 5.09. The first-order valence-electron chi connectivity index (χ1n) is 6.10. The fraction of sp³-hybridized carbons (Fsp3) is 0.250. The highest BCUT2D eigenvalue weighted by Gasteiger charge is 2.18. The fourth-order valence-corrected chi connectivity index (χ4v) is 2.57. The van der Waals surface area contributed by atoms with Crippen LogP contribution in [0.5, 0.6) is 0 Å². The number of aryl methyl sites for hydroxylation is 1. The summed E-state index contributed by atoms with van der Waals surface area (Å²) in [5.74, 6) is -1.62. The van der Waals surface area contributed by atoms with Crippen molar-refractivity contribution in [1.29, 1.82) is 0 Å². The van der Waals surface area contributed by atoms with Gasteiger partial charge in [-0.15, -0.1) is 0 Å². The monoisotopic (exact) mass is 325 g/mol. The molecule has 22 heavy (non-hydrogen) atoms. The Labute approximate surface area is 127 Å². The lowest BCUT2D eigenvalue weighted by Crippen LogP contribution is -2.12. The van der Waals surface area contributed by atoms with Gasteiger partial charge in [-0.3, -0.25) is 19.7 Å². The van der Waals surface area contributed by atoms with E-state index in [-0.39, 0.29) is 29.6 Å². The molecule has 10 heteroatoms. The van der Waals surface area contributed by atoms with Crippen LogP contribution in [0.3, 0.4) is 0 Å². The van der Waals surface area contributed by atoms with E-state index < -0.39 is 16.8 Å². The van der Waals surface area contributed by atoms with E-state index in [2.05, 4.69) is 10.3 Å². The Hall–Kier alpha value is -2.75. The molecule has 0 bridgehead atoms. The van der Waals surface area contributed by atoms with Gasteiger partial charge in [-0.05, 0) is 13.0 Å². The van der Waals surface area contributed by atoms with Crippen molar-refractivity contribution < 1.29 is 24.0 Å². The quantitative estimate of drug-likeness (QED) is 0.614. The van der Waals surface area contributed by atoms with E-state index in [9.17, 15) is 19.7 Å². The largest absolute Gasteiger partial charge is 0.481 e. The van der Waals surface area contributed by atoms with Crippen LogP contribution in [0.1, 0.15) is 18.5 Å². The number of nitrogens with one attached hydrogen (secondary N) is 1. The molecule has 9 nitrogen and oxygen atoms in total. The number of thiazole rings is 1. The second-order valence-corrected chi connectivity index (χ2v) is 5.27. The zero-order valence-corrected chi connectivity index (χ0v) is 12.2. The van der Waals surface area contributed by atoms with E-state index in [0.717, 1.165) is 11.3 Å². The molecular formula is C12H11N3O6S. The highest BCUT2D eigenvalue weighted by atomic mass is 32.1. The van der Waals surface area contributed by atoms with Crippen molar-refractivity contribution in [3.8, 4) is 10.6 Å². The Balaban J connectivity index is 2.12. The zero-order valence-electron chi connectivity index (χ0n) is 11.4. The van der Waals surface area contributed by atoms with Gasteiger partial charge in [-0.1, -0.05) is 11.3 Å². The number of aliphatic carboxylic acids is 1. The highest BCUT2D eigenvalue weighted by molar-refractivity contribution is 7.19. The molecule has 0 aromatic carbocycles. The predicted octanol–water partition coefficient (Wildman–Crippen LogP) is 2.42. The lowest BCUT2D eigenvalue weighted by Gasteiger charge is -1.98. The second-order valence-electron chi connectivity index (χ2n) is 4.27. The molecule has 0 saturated carbocycles. The Morgan fingerprint density at radius 3 is 2.77 bits per heavy atom. The summed E-state index contributed by atoms with van der Waals surface area (Å²) in [6.07, 6.45) is -0.428. The number of carbonyl (C=O) groups is 2. The zero-order chi connectivity index (χ0) is 16.3. The summed E-state index contributed by atoms with van der Waals surface area (Å²) in [4.78, 5) is 36.6. The molecule has 0 fully saturated rings. The first kappa shape index (κ1) is 15.6. The van der Waals surface area contributed by atoms with Gasteiger partial charge in [0, 0.05) is 6.42 Å². The third-order valence-corrected chi connectivity index (χ3v) is 3.69. The fourth-order valence-electron chi connectivity index (χ4n) is 1.63. The van der Waals surface area contributed by atoms with Gasteiger partial charge in [0.25, 0.3) is 0 Å². The van der Waals surface area contributed by atoms with Crippen molar-refractivity contribution in [2.45, 2.75) is 19.8 Å². The summed E-state index contributed by atoms with van der Waals surface area (Å²) in [5, 5.41) is 21.9. The van der Waals surface area contributed by atoms with Gasteiger partial charge in [0.05, 0.1) is 23.1 Å². The molecule has 0 radical (unpaired) electrons. The summed E-state index contributed by atoms with van der Waals surface area (Å²) in [5.41, 5.74) is 0.544. The van der Waals surface area contributed by atoms with E-state index in [1.807, 2.05) is 0 Å². The van der Waals surface area contributed by atoms with Gasteiger partial charge in [0.2, 0.25) is 5.91 Å². The second kappa shape index (κ2) is 6.35. The molecule has 2 aromatic rings. The Kier molecular flexibility index (Phi) is 4.51. The number of anilines is 1. The minimum absolute atomic E-state index is 0.157. The number of hydrogen-bond acceptors (Lipinski definition) is 7. The van der Waals surface area contributed by atoms with Crippen molar-refractivity contribution in [3.05, 3.63) is 27.9 Å². The molecule has 2 aromatic heterocycles. The van der Waals surface area contributed by atoms with Gasteiger partial charge in [0.1, 0.15) is 4.92 Å². The number of hydrogen-bond donors (Lipinski definition) is 2. The third kappa shape index (κ3) is 3.67. The van der Waals surface area contributed by atoms with Gasteiger partial charge in [-0.2, -0.15) is 0 Å². The maximum Gasteiger partial charge on any atom is 0.433 e. The SMILES string of the molecule is Cc1nc(NC(=O)CCC(=O)O)sc1-c1ccc([N+](=O)[O-])o1. The maximum atomic E-state index is 11.5. The van der Waals surface area contributed by atoms with Crippen molar-refractivity contribution in [3.63, 3.8) is 0 Å². The van der Waals surface area contributed by atoms with Gasteiger partial charge in [-0.25, -0.2) is 4.98 Å². The Morgan fingerprint density at radius 2 is 2.18 bits per heavy atom. The Bertz CT molecular complexity index is 735. The summed E-state index contributed by atoms with van der Waals surface area (Å²) in [7, 11) is 0. The number of furan rings is 1. The van der Waals surface area contributed by atoms with E-state index in [1.54, 1.807) is 6.92 Å². The van der Waals surface area contributed by atoms with Crippen LogP contribution in [0, 0.1) is 17.0 Å². The topological polar surface area (TPSA) is 136 Å². The highest BCUT2D eigenvalue weighted by Crippen LogP contribution is 2.35. The first-order valence-corrected chi connectivity index (χ1v) is 6.92. The van der Waals surface area contributed by atoms with Crippen molar-refractivity contribution in [2.24, 2.45) is 0 Å². The van der Waals surface area contributed by atoms with Crippen LogP contribution in [0.2, 0.25) is 0 Å². The third-order valence-electron chi connectivity index (χ3n) is 2.60. The molecule has 0 saturated heterocycles. The number of carboxylic acids is 1. The lowest BCUT2D eigenvalue weighted by molar-refractivity contribution is -0.401. The minimum Gasteiger partial charge on any atom is -0.481 e. The normalized spacial score (nSPS) is 10.4. The number of aromatic nitrogens is 1. The number of nitrogens with zero attached hydrogens (tertiary/aromatic N) is 2. The number of rotatable bonds is 6. The van der Waals surface area contributed by atoms with Gasteiger partial charge < -0.3 is 14.8 Å². The lowest BCUT2D eigenvalue weighted by atomic mass is 10.3. The molecule has 0 unspecified atom stereocenters. The number of amides is 1. The van der Waals surface area contributed by atoms with Crippen LogP contribution >= 0.6 is 11.3 Å². The molecule has 2 N–H and O–H groups in total. The molecule has 0 aliphatic rings. The summed E-state index contributed by atoms with van der Waals surface area (Å²) in [6, 6.07) is 2.69. The molecule has 2 rings (SSSR count). The van der Waals surface area contributed by atoms with Gasteiger partial charge >= 0.3 is 11.9 Å². The van der Waals surface area contributed by atoms with Crippen LogP contribution < -0.4 is 5.32 Å². The average Bonchev–Trinajstić information content (AvgIpc) is 3.03. The van der Waals surface area contributed by atoms with Crippen molar-refractivity contribution in [2.75, 3.05) is 5.32 Å². The number of carbonyl (C=O) groups excluding carboxylic acids is 1. The van der Waals surface area contributed by atoms with Crippen LogP contribution in [-0.4, -0.2) is 26.9 Å². The molecule has 0 atom stereocenters. The van der Waals surface area contributed by atoms with E-state index in [1.165, 1.54) is 12.1 Å². The molecule has 0 aliphatic carbocycles. The van der Waals surface area contributed by atoms with E-state index >= 15 is 0 Å². The minimum atomic E-state index is -1.06. The molecule has 0 aliphatic heterocycles. The standard InChI is InChI=1S/C12H11N3O6S/c1-6-11(7-2-4-9(21-7)15(19)20)22-12(13-6)14-8(16)3-5-10(17)18/h2,4H,3,5H2,1H3,(H,17,18)(H,13,14,16). The van der Waals surface area contributed by atoms with Crippen molar-refractivity contribution in [1.82, 2.24) is 4.98 Å². The average molecular weight is 325 g/mol. The number of nitro groups is 1. The molecular weight excluding hydrogens is 314 g/mol. The molecule has 2 heterocycles. The maximum absolute atomic E-state index is 11.5. The first-order chi connectivity index (χ1) is 10.4. The van der Waals surface area contributed by atoms with Crippen LogP contribution in [0.4, 0.5) is 11.0 Å². The van der Waals surface area contributed by atoms with Gasteiger partial charge in [0.15, 0.2) is 10.9 Å². The summed E-state index contributed by atoms with van der Waals surface area (Å²) in [6.45, 7) is 1.67. The van der Waals surface area contributed by atoms with E-state index in [0.29, 0.717) is 10.6 Å². The smallest absolute Gasteiger partial charge is 0.433 e. The molecule has 1 amide bonds. The predicted molar refractivity (Wildman–Crippen MR) is 76.7 cm³/mol. The van der Waals surface area contributed by atoms with E-state index in [4.69, 9.17) is 9.52 Å². The van der Waals surface area contributed by atoms with Crippen LogP contribution in [0.15, 0.2) is 16.5 Å². The van der Waals surface area contributed by atoms with Crippen molar-refractivity contribution >= 4 is 34.2 Å². The van der Waals surface area contributed by atoms with Crippen LogP contribution in [0.25, 0.3) is 10.6 Å². The number of carboxylic acid groups (broad SMARTS) is 1. The summed E-state index contributed by atoms with van der Waals surface area (Å²) >= 11 is 1.09. The molecule has 116 valence electrons. The Morgan fingerprint density at radius 1 is 1.45 bits per heavy atom. The van der Waals surface area contributed by atoms with Crippen LogP contribution in [-0.2, 0) is 9.59 Å².